The summed E-state index contributed by atoms with van der Waals surface area (Å²) in [7, 11) is 2.07. The summed E-state index contributed by atoms with van der Waals surface area (Å²) < 4.78 is 13.7. The minimum Gasteiger partial charge on any atom is -0.490 e. The van der Waals surface area contributed by atoms with Gasteiger partial charge in [0.1, 0.15) is 18.1 Å². The second kappa shape index (κ2) is 6.32. The highest BCUT2D eigenvalue weighted by Crippen LogP contribution is 2.28. The zero-order valence-corrected chi connectivity index (χ0v) is 14.2. The van der Waals surface area contributed by atoms with Gasteiger partial charge in [0.2, 0.25) is 0 Å². The maximum atomic E-state index is 6.31. The minimum absolute atomic E-state index is 0.283. The van der Waals surface area contributed by atoms with Crippen molar-refractivity contribution in [3.05, 3.63) is 48.3 Å². The summed E-state index contributed by atoms with van der Waals surface area (Å²) in [5.74, 6) is 1.73. The summed E-state index contributed by atoms with van der Waals surface area (Å²) >= 11 is 0. The highest BCUT2D eigenvalue weighted by molar-refractivity contribution is 5.86. The second-order valence-electron chi connectivity index (χ2n) is 6.57. The number of piperidine rings is 1. The Morgan fingerprint density at radius 2 is 2.08 bits per heavy atom. The lowest BCUT2D eigenvalue weighted by atomic mass is 10.1. The molecule has 0 N–H and O–H groups in total. The molecule has 5 heteroatoms. The fraction of sp³-hybridized carbons (Fsp3) is 0.421. The Bertz CT molecular complexity index is 828. The summed E-state index contributed by atoms with van der Waals surface area (Å²) in [6.07, 6.45) is 6.21. The van der Waals surface area contributed by atoms with E-state index in [1.165, 1.54) is 10.9 Å². The van der Waals surface area contributed by atoms with Gasteiger partial charge in [0, 0.05) is 45.2 Å². The van der Waals surface area contributed by atoms with Gasteiger partial charge in [-0.1, -0.05) is 6.07 Å². The number of benzene rings is 1. The van der Waals surface area contributed by atoms with Gasteiger partial charge in [0.25, 0.3) is 0 Å². The fourth-order valence-corrected chi connectivity index (χ4v) is 3.45. The van der Waals surface area contributed by atoms with Crippen LogP contribution in [-0.4, -0.2) is 33.6 Å². The summed E-state index contributed by atoms with van der Waals surface area (Å²) in [6, 6.07) is 8.41. The molecular formula is C19H23N3O2. The Kier molecular flexibility index (Phi) is 4.02. The molecule has 0 spiro atoms. The lowest BCUT2D eigenvalue weighted by molar-refractivity contribution is 0.0973. The maximum absolute atomic E-state index is 6.31. The number of aryl methyl sites for hydroxylation is 2. The van der Waals surface area contributed by atoms with Crippen LogP contribution >= 0.6 is 0 Å². The van der Waals surface area contributed by atoms with Crippen LogP contribution < -0.4 is 4.74 Å². The first kappa shape index (κ1) is 15.3. The largest absolute Gasteiger partial charge is 0.490 e. The van der Waals surface area contributed by atoms with E-state index in [9.17, 15) is 0 Å². The molecule has 0 atom stereocenters. The molecule has 2 aromatic heterocycles. The Morgan fingerprint density at radius 3 is 2.83 bits per heavy atom. The van der Waals surface area contributed by atoms with Crippen LogP contribution in [0.15, 0.2) is 41.1 Å². The van der Waals surface area contributed by atoms with Crippen molar-refractivity contribution in [1.29, 1.82) is 0 Å². The van der Waals surface area contributed by atoms with Crippen molar-refractivity contribution in [3.8, 4) is 5.75 Å². The van der Waals surface area contributed by atoms with Gasteiger partial charge in [0.05, 0.1) is 11.2 Å². The van der Waals surface area contributed by atoms with E-state index in [2.05, 4.69) is 52.0 Å². The van der Waals surface area contributed by atoms with Crippen molar-refractivity contribution in [3.63, 3.8) is 0 Å². The molecule has 0 unspecified atom stereocenters. The zero-order valence-electron chi connectivity index (χ0n) is 14.2. The summed E-state index contributed by atoms with van der Waals surface area (Å²) in [5.41, 5.74) is 2.23. The molecule has 3 heterocycles. The molecule has 126 valence electrons. The van der Waals surface area contributed by atoms with Gasteiger partial charge >= 0.3 is 0 Å². The number of hydrogen-bond donors (Lipinski definition) is 0. The lowest BCUT2D eigenvalue weighted by Gasteiger charge is -2.31. The molecule has 3 aromatic rings. The van der Waals surface area contributed by atoms with Crippen LogP contribution in [-0.2, 0) is 13.6 Å². The predicted molar refractivity (Wildman–Crippen MR) is 93.1 cm³/mol. The number of oxazole rings is 1. The first-order chi connectivity index (χ1) is 11.7. The molecule has 4 rings (SSSR count). The van der Waals surface area contributed by atoms with Gasteiger partial charge < -0.3 is 13.7 Å². The third-order valence-corrected chi connectivity index (χ3v) is 4.77. The van der Waals surface area contributed by atoms with Gasteiger partial charge in [-0.15, -0.1) is 0 Å². The molecular weight excluding hydrogens is 302 g/mol. The fourth-order valence-electron chi connectivity index (χ4n) is 3.45. The number of fused-ring (bicyclic) bond motifs is 1. The van der Waals surface area contributed by atoms with E-state index in [1.54, 1.807) is 6.26 Å². The Balaban J connectivity index is 1.37. The van der Waals surface area contributed by atoms with Gasteiger partial charge in [0.15, 0.2) is 5.89 Å². The van der Waals surface area contributed by atoms with E-state index < -0.39 is 0 Å². The predicted octanol–water partition coefficient (Wildman–Crippen LogP) is 3.52. The van der Waals surface area contributed by atoms with E-state index >= 15 is 0 Å². The maximum Gasteiger partial charge on any atom is 0.191 e. The van der Waals surface area contributed by atoms with Crippen molar-refractivity contribution >= 4 is 10.9 Å². The summed E-state index contributed by atoms with van der Waals surface area (Å²) in [5, 5.41) is 1.19. The third kappa shape index (κ3) is 3.04. The molecule has 0 amide bonds. The topological polar surface area (TPSA) is 43.4 Å². The van der Waals surface area contributed by atoms with Crippen LogP contribution in [0.25, 0.3) is 10.9 Å². The smallest absolute Gasteiger partial charge is 0.191 e. The van der Waals surface area contributed by atoms with Crippen molar-refractivity contribution in [2.75, 3.05) is 13.1 Å². The normalized spacial score (nSPS) is 16.8. The number of nitrogens with zero attached hydrogens (tertiary/aromatic N) is 3. The molecule has 24 heavy (non-hydrogen) atoms. The number of hydrogen-bond acceptors (Lipinski definition) is 4. The van der Waals surface area contributed by atoms with Gasteiger partial charge in [-0.25, -0.2) is 4.98 Å². The zero-order chi connectivity index (χ0) is 16.5. The molecule has 1 aromatic carbocycles. The first-order valence-corrected chi connectivity index (χ1v) is 8.53. The average Bonchev–Trinajstić information content (AvgIpc) is 3.16. The highest BCUT2D eigenvalue weighted by Gasteiger charge is 2.22. The van der Waals surface area contributed by atoms with Gasteiger partial charge in [-0.05, 0) is 31.0 Å². The second-order valence-corrected chi connectivity index (χ2v) is 6.57. The summed E-state index contributed by atoms with van der Waals surface area (Å²) in [4.78, 5) is 6.80. The minimum atomic E-state index is 0.283. The van der Waals surface area contributed by atoms with Crippen molar-refractivity contribution in [2.24, 2.45) is 7.05 Å². The van der Waals surface area contributed by atoms with Crippen molar-refractivity contribution in [1.82, 2.24) is 14.5 Å². The van der Waals surface area contributed by atoms with Crippen LogP contribution in [0.3, 0.4) is 0 Å². The van der Waals surface area contributed by atoms with Crippen LogP contribution in [0.1, 0.15) is 24.4 Å². The molecule has 5 nitrogen and oxygen atoms in total. The molecule has 1 aliphatic heterocycles. The molecule has 0 aliphatic carbocycles. The average molecular weight is 325 g/mol. The first-order valence-electron chi connectivity index (χ1n) is 8.53. The van der Waals surface area contributed by atoms with Crippen LogP contribution in [0, 0.1) is 6.92 Å². The van der Waals surface area contributed by atoms with Gasteiger partial charge in [-0.3, -0.25) is 4.90 Å². The highest BCUT2D eigenvalue weighted by atomic mass is 16.5. The Hall–Kier alpha value is -2.27. The SMILES string of the molecule is Cc1nc(CN2CCC(Oc3cccc4c3ccn4C)CC2)co1. The quantitative estimate of drug-likeness (QED) is 0.736. The molecule has 1 aliphatic rings. The van der Waals surface area contributed by atoms with E-state index in [0.29, 0.717) is 0 Å². The molecule has 1 fully saturated rings. The van der Waals surface area contributed by atoms with Crippen molar-refractivity contribution in [2.45, 2.75) is 32.4 Å². The Labute approximate surface area is 141 Å². The monoisotopic (exact) mass is 325 g/mol. The molecule has 1 saturated heterocycles. The third-order valence-electron chi connectivity index (χ3n) is 4.77. The standard InChI is InChI=1S/C19H23N3O2/c1-14-20-15(13-23-14)12-22-10-6-16(7-11-22)24-19-5-3-4-18-17(19)8-9-21(18)2/h3-5,8-9,13,16H,6-7,10-12H2,1-2H3. The van der Waals surface area contributed by atoms with E-state index in [0.717, 1.165) is 49.8 Å². The lowest BCUT2D eigenvalue weighted by Crippen LogP contribution is -2.37. The van der Waals surface area contributed by atoms with E-state index in [1.807, 2.05) is 6.92 Å². The van der Waals surface area contributed by atoms with E-state index in [4.69, 9.17) is 9.15 Å². The molecule has 0 radical (unpaired) electrons. The van der Waals surface area contributed by atoms with Crippen LogP contribution in [0.5, 0.6) is 5.75 Å². The van der Waals surface area contributed by atoms with Crippen LogP contribution in [0.4, 0.5) is 0 Å². The number of ether oxygens (including phenoxy) is 1. The Morgan fingerprint density at radius 1 is 1.25 bits per heavy atom. The number of aromatic nitrogens is 2. The van der Waals surface area contributed by atoms with Gasteiger partial charge in [-0.2, -0.15) is 0 Å². The number of likely N-dealkylation sites (tertiary alicyclic amines) is 1. The van der Waals surface area contributed by atoms with Crippen molar-refractivity contribution < 1.29 is 9.15 Å². The molecule has 0 bridgehead atoms. The van der Waals surface area contributed by atoms with Crippen LogP contribution in [0.2, 0.25) is 0 Å². The van der Waals surface area contributed by atoms with E-state index in [-0.39, 0.29) is 6.10 Å². The molecule has 0 saturated carbocycles. The number of rotatable bonds is 4. The summed E-state index contributed by atoms with van der Waals surface area (Å²) in [6.45, 7) is 4.80.